The molecule has 3 heterocycles. The molecule has 6 rings (SSSR count). The average Bonchev–Trinajstić information content (AvgIpc) is 3.18. The lowest BCUT2D eigenvalue weighted by molar-refractivity contribution is 0.0502. The number of nitrogens with zero attached hydrogens (tertiary/aromatic N) is 4. The third-order valence-electron chi connectivity index (χ3n) is 6.17. The van der Waals surface area contributed by atoms with Crippen molar-refractivity contribution in [2.24, 2.45) is 0 Å². The number of hydrogen-bond acceptors (Lipinski definition) is 6. The van der Waals surface area contributed by atoms with E-state index in [-0.39, 0.29) is 12.1 Å². The molecule has 0 radical (unpaired) electrons. The predicted molar refractivity (Wildman–Crippen MR) is 127 cm³/mol. The normalized spacial score (nSPS) is 18.0. The number of nitrogen functional groups attached to an aromatic ring is 1. The van der Waals surface area contributed by atoms with E-state index in [0.29, 0.717) is 5.82 Å². The second-order valence-corrected chi connectivity index (χ2v) is 8.28. The fourth-order valence-corrected chi connectivity index (χ4v) is 4.42. The molecule has 5 aromatic rings. The number of benzene rings is 2. The molecule has 2 aromatic carbocycles. The summed E-state index contributed by atoms with van der Waals surface area (Å²) in [5.74, 6) is 1.24. The Morgan fingerprint density at radius 3 is 2.62 bits per heavy atom. The van der Waals surface area contributed by atoms with Crippen molar-refractivity contribution in [3.8, 4) is 11.1 Å². The minimum atomic E-state index is -0.250. The van der Waals surface area contributed by atoms with Crippen LogP contribution in [0.1, 0.15) is 18.9 Å². The van der Waals surface area contributed by atoms with Crippen LogP contribution in [0, 0.1) is 0 Å². The molecule has 0 bridgehead atoms. The van der Waals surface area contributed by atoms with Gasteiger partial charge in [0.25, 0.3) is 0 Å². The van der Waals surface area contributed by atoms with Crippen LogP contribution in [0.4, 0.5) is 17.3 Å². The van der Waals surface area contributed by atoms with Gasteiger partial charge in [0.05, 0.1) is 17.0 Å². The Morgan fingerprint density at radius 1 is 1.00 bits per heavy atom. The van der Waals surface area contributed by atoms with Crippen LogP contribution in [0.5, 0.6) is 0 Å². The van der Waals surface area contributed by atoms with E-state index in [4.69, 9.17) is 10.7 Å². The van der Waals surface area contributed by atoms with Crippen LogP contribution in [0.25, 0.3) is 33.1 Å². The van der Waals surface area contributed by atoms with Gasteiger partial charge in [-0.25, -0.2) is 15.0 Å². The van der Waals surface area contributed by atoms with Crippen LogP contribution in [0.15, 0.2) is 73.2 Å². The van der Waals surface area contributed by atoms with E-state index < -0.39 is 0 Å². The molecule has 32 heavy (non-hydrogen) atoms. The molecule has 158 valence electrons. The number of anilines is 3. The van der Waals surface area contributed by atoms with E-state index in [1.165, 1.54) is 6.33 Å². The maximum absolute atomic E-state index is 9.80. The highest BCUT2D eigenvalue weighted by Crippen LogP contribution is 2.40. The smallest absolute Gasteiger partial charge is 0.146 e. The van der Waals surface area contributed by atoms with Crippen molar-refractivity contribution in [3.63, 3.8) is 0 Å². The number of aliphatic hydroxyl groups excluding tert-OH is 1. The minimum Gasteiger partial charge on any atom is -0.393 e. The molecular formula is C25H22N6O. The highest BCUT2D eigenvalue weighted by molar-refractivity contribution is 6.02. The summed E-state index contributed by atoms with van der Waals surface area (Å²) in [4.78, 5) is 13.6. The summed E-state index contributed by atoms with van der Waals surface area (Å²) < 4.78 is 2.13. The van der Waals surface area contributed by atoms with Gasteiger partial charge >= 0.3 is 0 Å². The molecule has 0 spiro atoms. The Kier molecular flexibility index (Phi) is 4.29. The Labute approximate surface area is 184 Å². The number of aliphatic hydroxyl groups is 1. The fourth-order valence-electron chi connectivity index (χ4n) is 4.42. The van der Waals surface area contributed by atoms with Crippen molar-refractivity contribution in [1.29, 1.82) is 0 Å². The molecule has 7 nitrogen and oxygen atoms in total. The van der Waals surface area contributed by atoms with Crippen molar-refractivity contribution in [2.45, 2.75) is 25.0 Å². The van der Waals surface area contributed by atoms with Crippen LogP contribution in [0.2, 0.25) is 0 Å². The lowest BCUT2D eigenvalue weighted by Crippen LogP contribution is -2.30. The maximum Gasteiger partial charge on any atom is 0.146 e. The average molecular weight is 422 g/mol. The van der Waals surface area contributed by atoms with E-state index in [0.717, 1.165) is 57.4 Å². The van der Waals surface area contributed by atoms with Crippen molar-refractivity contribution in [2.75, 3.05) is 11.1 Å². The zero-order valence-corrected chi connectivity index (χ0v) is 17.3. The summed E-state index contributed by atoms with van der Waals surface area (Å²) >= 11 is 0. The Hall–Kier alpha value is -3.97. The topological polar surface area (TPSA) is 102 Å². The standard InChI is InChI=1S/C25H22N6O/c26-24-23-20(13-31(18-11-19(32)12-18)25(23)28-14-27-24)16-7-6-15-8-9-22(30-21(15)10-16)29-17-4-2-1-3-5-17/h1-10,13-14,18-19,32H,11-12H2,(H,29,30)(H2,26,27,28). The van der Waals surface area contributed by atoms with Gasteiger partial charge in [-0.05, 0) is 48.7 Å². The highest BCUT2D eigenvalue weighted by Gasteiger charge is 2.31. The van der Waals surface area contributed by atoms with Gasteiger partial charge in [-0.2, -0.15) is 0 Å². The van der Waals surface area contributed by atoms with Gasteiger partial charge in [-0.3, -0.25) is 0 Å². The second kappa shape index (κ2) is 7.32. The fraction of sp³-hybridized carbons (Fsp3) is 0.160. The monoisotopic (exact) mass is 422 g/mol. The number of rotatable bonds is 4. The van der Waals surface area contributed by atoms with Crippen molar-refractivity contribution in [1.82, 2.24) is 19.5 Å². The molecule has 1 aliphatic carbocycles. The third kappa shape index (κ3) is 3.14. The third-order valence-corrected chi connectivity index (χ3v) is 6.17. The zero-order chi connectivity index (χ0) is 21.7. The highest BCUT2D eigenvalue weighted by atomic mass is 16.3. The van der Waals surface area contributed by atoms with Crippen LogP contribution in [0.3, 0.4) is 0 Å². The molecule has 0 atom stereocenters. The van der Waals surface area contributed by atoms with E-state index in [1.807, 2.05) is 36.4 Å². The SMILES string of the molecule is Nc1ncnc2c1c(-c1ccc3ccc(Nc4ccccc4)nc3c1)cn2C1CC(O)C1. The summed E-state index contributed by atoms with van der Waals surface area (Å²) in [6, 6.07) is 20.5. The Bertz CT molecular complexity index is 1440. The quantitative estimate of drug-likeness (QED) is 0.389. The van der Waals surface area contributed by atoms with E-state index in [1.54, 1.807) is 0 Å². The summed E-state index contributed by atoms with van der Waals surface area (Å²) in [6.45, 7) is 0. The number of pyridine rings is 1. The first kappa shape index (κ1) is 18.8. The second-order valence-electron chi connectivity index (χ2n) is 8.28. The molecule has 4 N–H and O–H groups in total. The number of nitrogens with one attached hydrogen (secondary N) is 1. The molecule has 3 aromatic heterocycles. The molecule has 0 amide bonds. The summed E-state index contributed by atoms with van der Waals surface area (Å²) in [7, 11) is 0. The van der Waals surface area contributed by atoms with Gasteiger partial charge in [-0.15, -0.1) is 0 Å². The van der Waals surface area contributed by atoms with Crippen molar-refractivity contribution < 1.29 is 5.11 Å². The number of nitrogens with two attached hydrogens (primary N) is 1. The van der Waals surface area contributed by atoms with E-state index in [2.05, 4.69) is 50.3 Å². The molecule has 0 unspecified atom stereocenters. The molecular weight excluding hydrogens is 400 g/mol. The maximum atomic E-state index is 9.80. The molecule has 0 aliphatic heterocycles. The van der Waals surface area contributed by atoms with Crippen LogP contribution < -0.4 is 11.1 Å². The number of aromatic nitrogens is 4. The van der Waals surface area contributed by atoms with E-state index >= 15 is 0 Å². The molecule has 1 aliphatic rings. The summed E-state index contributed by atoms with van der Waals surface area (Å²) in [6.07, 6.45) is 4.78. The van der Waals surface area contributed by atoms with Gasteiger partial charge in [-0.1, -0.05) is 30.3 Å². The predicted octanol–water partition coefficient (Wildman–Crippen LogP) is 4.67. The first-order chi connectivity index (χ1) is 15.7. The Balaban J connectivity index is 1.45. The molecule has 1 fully saturated rings. The van der Waals surface area contributed by atoms with E-state index in [9.17, 15) is 5.11 Å². The molecule has 1 saturated carbocycles. The zero-order valence-electron chi connectivity index (χ0n) is 17.3. The van der Waals surface area contributed by atoms with Gasteiger partial charge in [0.15, 0.2) is 0 Å². The summed E-state index contributed by atoms with van der Waals surface area (Å²) in [5.41, 5.74) is 10.9. The van der Waals surface area contributed by atoms with Crippen molar-refractivity contribution in [3.05, 3.63) is 73.2 Å². The van der Waals surface area contributed by atoms with Crippen molar-refractivity contribution >= 4 is 39.3 Å². The minimum absolute atomic E-state index is 0.218. The van der Waals surface area contributed by atoms with Crippen LogP contribution >= 0.6 is 0 Å². The molecule has 7 heteroatoms. The van der Waals surface area contributed by atoms with Gasteiger partial charge in [0, 0.05) is 28.9 Å². The number of hydrogen-bond donors (Lipinski definition) is 3. The number of fused-ring (bicyclic) bond motifs is 2. The first-order valence-electron chi connectivity index (χ1n) is 10.7. The largest absolute Gasteiger partial charge is 0.393 e. The summed E-state index contributed by atoms with van der Waals surface area (Å²) in [5, 5.41) is 15.0. The molecule has 0 saturated heterocycles. The number of para-hydroxylation sites is 1. The lowest BCUT2D eigenvalue weighted by Gasteiger charge is -2.32. The van der Waals surface area contributed by atoms with Crippen LogP contribution in [-0.4, -0.2) is 30.7 Å². The van der Waals surface area contributed by atoms with Gasteiger partial charge in [0.2, 0.25) is 0 Å². The van der Waals surface area contributed by atoms with Gasteiger partial charge in [0.1, 0.15) is 23.6 Å². The van der Waals surface area contributed by atoms with Crippen LogP contribution in [-0.2, 0) is 0 Å². The first-order valence-corrected chi connectivity index (χ1v) is 10.7. The van der Waals surface area contributed by atoms with Gasteiger partial charge < -0.3 is 20.7 Å². The Morgan fingerprint density at radius 2 is 1.81 bits per heavy atom. The lowest BCUT2D eigenvalue weighted by atomic mass is 9.89.